The molecule has 6 nitrogen and oxygen atoms in total. The Balaban J connectivity index is 1.63. The molecule has 164 valence electrons. The molecule has 0 aliphatic carbocycles. The maximum Gasteiger partial charge on any atom is 0.189 e. The summed E-state index contributed by atoms with van der Waals surface area (Å²) in [5, 5.41) is 8.46. The number of nitrogens with zero attached hydrogens (tertiary/aromatic N) is 3. The quantitative estimate of drug-likeness (QED) is 0.327. The molecule has 0 aliphatic rings. The summed E-state index contributed by atoms with van der Waals surface area (Å²) >= 11 is 8.21. The molecule has 0 aliphatic heterocycles. The minimum Gasteiger partial charge on any atom is -0.382 e. The number of anilines is 1. The van der Waals surface area contributed by atoms with Crippen molar-refractivity contribution in [1.29, 1.82) is 0 Å². The van der Waals surface area contributed by atoms with Crippen molar-refractivity contribution in [3.63, 3.8) is 0 Å². The van der Waals surface area contributed by atoms with Crippen molar-refractivity contribution in [3.8, 4) is 34.0 Å². The second kappa shape index (κ2) is 9.73. The Hall–Kier alpha value is -2.87. The second-order valence-corrected chi connectivity index (χ2v) is 9.63. The maximum absolute atomic E-state index is 6.49. The smallest absolute Gasteiger partial charge is 0.189 e. The fourth-order valence-corrected chi connectivity index (χ4v) is 4.39. The largest absolute Gasteiger partial charge is 0.382 e. The van der Waals surface area contributed by atoms with E-state index in [1.807, 2.05) is 43.4 Å². The summed E-state index contributed by atoms with van der Waals surface area (Å²) in [6, 6.07) is 15.8. The van der Waals surface area contributed by atoms with Gasteiger partial charge in [0.05, 0.1) is 16.9 Å². The van der Waals surface area contributed by atoms with Gasteiger partial charge in [-0.3, -0.25) is 0 Å². The third-order valence-corrected chi connectivity index (χ3v) is 6.27. The minimum absolute atomic E-state index is 0.277. The van der Waals surface area contributed by atoms with Gasteiger partial charge in [0.2, 0.25) is 0 Å². The number of nitrogens with two attached hydrogens (primary N) is 1. The zero-order chi connectivity index (χ0) is 22.7. The van der Waals surface area contributed by atoms with Crippen molar-refractivity contribution < 1.29 is 4.52 Å². The Labute approximate surface area is 196 Å². The average molecular weight is 466 g/mol. The average Bonchev–Trinajstić information content (AvgIpc) is 3.26. The molecule has 8 heteroatoms. The molecule has 2 aromatic heterocycles. The van der Waals surface area contributed by atoms with Crippen LogP contribution in [0.2, 0.25) is 5.02 Å². The Bertz CT molecular complexity index is 1220. The van der Waals surface area contributed by atoms with Crippen LogP contribution in [-0.4, -0.2) is 27.4 Å². The molecule has 0 saturated heterocycles. The van der Waals surface area contributed by atoms with Crippen LogP contribution in [0.15, 0.2) is 64.1 Å². The molecule has 0 saturated carbocycles. The maximum atomic E-state index is 6.49. The molecule has 2 heterocycles. The molecule has 0 atom stereocenters. The van der Waals surface area contributed by atoms with E-state index < -0.39 is 0 Å². The van der Waals surface area contributed by atoms with Crippen molar-refractivity contribution in [2.45, 2.75) is 30.5 Å². The van der Waals surface area contributed by atoms with Gasteiger partial charge in [-0.1, -0.05) is 60.9 Å². The normalized spacial score (nSPS) is 11.3. The number of hydrogen-bond acceptors (Lipinski definition) is 7. The first-order chi connectivity index (χ1) is 15.4. The van der Waals surface area contributed by atoms with E-state index in [1.54, 1.807) is 18.0 Å². The monoisotopic (exact) mass is 465 g/mol. The van der Waals surface area contributed by atoms with Crippen LogP contribution in [0, 0.1) is 0 Å². The van der Waals surface area contributed by atoms with Gasteiger partial charge in [0.25, 0.3) is 0 Å². The summed E-state index contributed by atoms with van der Waals surface area (Å²) in [6.07, 6.45) is 1.64. The van der Waals surface area contributed by atoms with Gasteiger partial charge in [-0.15, -0.1) is 11.8 Å². The van der Waals surface area contributed by atoms with E-state index in [2.05, 4.69) is 41.4 Å². The van der Waals surface area contributed by atoms with E-state index in [-0.39, 0.29) is 5.82 Å². The van der Waals surface area contributed by atoms with Gasteiger partial charge in [0.1, 0.15) is 5.69 Å². The standard InChI is InChI=1S/C24H24ClN5OS/c1-14(2)32-22-9-8-17(10-18(22)25)20-13-28-24(26)23(29-20)21-11-19(30-31-21)16-6-4-15(5-7-16)12-27-3/h4-11,13-14,27H,12H2,1-3H3,(H2,26,28). The molecule has 0 fully saturated rings. The SMILES string of the molecule is CNCc1ccc(-c2cc(-c3nc(-c4ccc(SC(C)C)c(Cl)c4)cnc3N)on2)cc1. The van der Waals surface area contributed by atoms with Crippen LogP contribution in [0.4, 0.5) is 5.82 Å². The van der Waals surface area contributed by atoms with Gasteiger partial charge in [0, 0.05) is 33.9 Å². The fraction of sp³-hybridized carbons (Fsp3) is 0.208. The molecular formula is C24H24ClN5OS. The highest BCUT2D eigenvalue weighted by molar-refractivity contribution is 8.00. The number of thioether (sulfide) groups is 1. The summed E-state index contributed by atoms with van der Waals surface area (Å²) in [7, 11) is 1.92. The number of aromatic nitrogens is 3. The fourth-order valence-electron chi connectivity index (χ4n) is 3.25. The lowest BCUT2D eigenvalue weighted by Gasteiger charge is -2.09. The van der Waals surface area contributed by atoms with Crippen molar-refractivity contribution in [2.24, 2.45) is 0 Å². The van der Waals surface area contributed by atoms with Gasteiger partial charge in [-0.05, 0) is 24.7 Å². The minimum atomic E-state index is 0.277. The Kier molecular flexibility index (Phi) is 6.79. The zero-order valence-electron chi connectivity index (χ0n) is 18.1. The highest BCUT2D eigenvalue weighted by Gasteiger charge is 2.16. The second-order valence-electron chi connectivity index (χ2n) is 7.60. The molecule has 3 N–H and O–H groups in total. The molecule has 0 amide bonds. The van der Waals surface area contributed by atoms with Crippen LogP contribution in [0.1, 0.15) is 19.4 Å². The van der Waals surface area contributed by atoms with Gasteiger partial charge in [0.15, 0.2) is 17.3 Å². The molecule has 0 spiro atoms. The van der Waals surface area contributed by atoms with E-state index in [9.17, 15) is 0 Å². The molecule has 32 heavy (non-hydrogen) atoms. The van der Waals surface area contributed by atoms with Crippen molar-refractivity contribution >= 4 is 29.2 Å². The lowest BCUT2D eigenvalue weighted by molar-refractivity contribution is 0.434. The molecule has 0 bridgehead atoms. The van der Waals surface area contributed by atoms with E-state index in [0.29, 0.717) is 33.1 Å². The van der Waals surface area contributed by atoms with E-state index >= 15 is 0 Å². The van der Waals surface area contributed by atoms with E-state index in [4.69, 9.17) is 26.8 Å². The number of halogens is 1. The van der Waals surface area contributed by atoms with E-state index in [0.717, 1.165) is 22.6 Å². The third-order valence-electron chi connectivity index (χ3n) is 4.77. The van der Waals surface area contributed by atoms with Crippen LogP contribution in [-0.2, 0) is 6.54 Å². The predicted molar refractivity (Wildman–Crippen MR) is 132 cm³/mol. The summed E-state index contributed by atoms with van der Waals surface area (Å²) in [5.74, 6) is 0.739. The van der Waals surface area contributed by atoms with Crippen LogP contribution in [0.3, 0.4) is 0 Å². The Morgan fingerprint density at radius 3 is 2.50 bits per heavy atom. The first kappa shape index (κ1) is 22.3. The van der Waals surface area contributed by atoms with Crippen molar-refractivity contribution in [3.05, 3.63) is 65.3 Å². The van der Waals surface area contributed by atoms with Crippen molar-refractivity contribution in [1.82, 2.24) is 20.4 Å². The van der Waals surface area contributed by atoms with Crippen molar-refractivity contribution in [2.75, 3.05) is 12.8 Å². The molecule has 4 rings (SSSR count). The topological polar surface area (TPSA) is 89.9 Å². The van der Waals surface area contributed by atoms with Gasteiger partial charge >= 0.3 is 0 Å². The van der Waals surface area contributed by atoms with Gasteiger partial charge in [-0.2, -0.15) is 0 Å². The van der Waals surface area contributed by atoms with Crippen LogP contribution in [0.5, 0.6) is 0 Å². The summed E-state index contributed by atoms with van der Waals surface area (Å²) in [4.78, 5) is 10.1. The predicted octanol–water partition coefficient (Wildman–Crippen LogP) is 5.92. The highest BCUT2D eigenvalue weighted by Crippen LogP contribution is 2.34. The van der Waals surface area contributed by atoms with Crippen LogP contribution >= 0.6 is 23.4 Å². The molecule has 4 aromatic rings. The number of hydrogen-bond donors (Lipinski definition) is 2. The first-order valence-electron chi connectivity index (χ1n) is 10.2. The molecule has 0 radical (unpaired) electrons. The Morgan fingerprint density at radius 2 is 1.81 bits per heavy atom. The van der Waals surface area contributed by atoms with Crippen LogP contribution < -0.4 is 11.1 Å². The molecular weight excluding hydrogens is 442 g/mol. The lowest BCUT2D eigenvalue weighted by atomic mass is 10.1. The van der Waals surface area contributed by atoms with Gasteiger partial charge in [-0.25, -0.2) is 9.97 Å². The summed E-state index contributed by atoms with van der Waals surface area (Å²) < 4.78 is 5.57. The lowest BCUT2D eigenvalue weighted by Crippen LogP contribution is -2.04. The third kappa shape index (κ3) is 4.96. The first-order valence-corrected chi connectivity index (χ1v) is 11.5. The van der Waals surface area contributed by atoms with Crippen LogP contribution in [0.25, 0.3) is 34.0 Å². The highest BCUT2D eigenvalue weighted by atomic mass is 35.5. The van der Waals surface area contributed by atoms with E-state index in [1.165, 1.54) is 5.56 Å². The van der Waals surface area contributed by atoms with Gasteiger partial charge < -0.3 is 15.6 Å². The number of benzene rings is 2. The molecule has 0 unspecified atom stereocenters. The Morgan fingerprint density at radius 1 is 1.06 bits per heavy atom. The zero-order valence-corrected chi connectivity index (χ0v) is 19.7. The molecule has 2 aromatic carbocycles. The number of nitrogen functional groups attached to an aromatic ring is 1. The number of rotatable bonds is 7. The summed E-state index contributed by atoms with van der Waals surface area (Å²) in [6.45, 7) is 5.08. The number of nitrogens with one attached hydrogen (secondary N) is 1. The summed E-state index contributed by atoms with van der Waals surface area (Å²) in [5.41, 5.74) is 10.9.